The summed E-state index contributed by atoms with van der Waals surface area (Å²) in [7, 11) is 4.66. The molecule has 0 aliphatic heterocycles. The van der Waals surface area contributed by atoms with Gasteiger partial charge >= 0.3 is 0 Å². The fourth-order valence-corrected chi connectivity index (χ4v) is 5.38. The second-order valence-electron chi connectivity index (χ2n) is 10.7. The summed E-state index contributed by atoms with van der Waals surface area (Å²) in [5.74, 6) is 1.12. The van der Waals surface area contributed by atoms with E-state index in [-0.39, 0.29) is 28.8 Å². The molecular formula is C32H38N4O6. The van der Waals surface area contributed by atoms with Gasteiger partial charge in [0.1, 0.15) is 6.04 Å². The van der Waals surface area contributed by atoms with Crippen LogP contribution in [0.25, 0.3) is 11.1 Å². The zero-order chi connectivity index (χ0) is 30.4. The van der Waals surface area contributed by atoms with Crippen LogP contribution in [0.1, 0.15) is 50.8 Å². The Bertz CT molecular complexity index is 1510. The molecule has 222 valence electrons. The zero-order valence-electron chi connectivity index (χ0n) is 24.9. The monoisotopic (exact) mass is 574 g/mol. The molecule has 10 nitrogen and oxygen atoms in total. The third-order valence-electron chi connectivity index (χ3n) is 7.20. The van der Waals surface area contributed by atoms with Crippen LogP contribution >= 0.6 is 0 Å². The van der Waals surface area contributed by atoms with Gasteiger partial charge in [-0.2, -0.15) is 0 Å². The van der Waals surface area contributed by atoms with Gasteiger partial charge in [-0.1, -0.05) is 19.9 Å². The molecule has 0 unspecified atom stereocenters. The number of pyridine rings is 1. The fourth-order valence-electron chi connectivity index (χ4n) is 5.38. The van der Waals surface area contributed by atoms with Crippen LogP contribution in [0.15, 0.2) is 53.6 Å². The highest BCUT2D eigenvalue weighted by Crippen LogP contribution is 2.50. The van der Waals surface area contributed by atoms with Gasteiger partial charge in [-0.3, -0.25) is 19.4 Å². The van der Waals surface area contributed by atoms with E-state index in [4.69, 9.17) is 14.2 Å². The number of fused-ring (bicyclic) bond motifs is 3. The number of methoxy groups -OCH3 is 3. The van der Waals surface area contributed by atoms with Gasteiger partial charge in [0.25, 0.3) is 0 Å². The number of hydrogen-bond donors (Lipinski definition) is 3. The van der Waals surface area contributed by atoms with Crippen molar-refractivity contribution in [3.63, 3.8) is 0 Å². The molecule has 42 heavy (non-hydrogen) atoms. The maximum Gasteiger partial charge on any atom is 0.246 e. The highest BCUT2D eigenvalue weighted by molar-refractivity contribution is 5.96. The van der Waals surface area contributed by atoms with E-state index in [0.29, 0.717) is 53.3 Å². The molecule has 0 saturated heterocycles. The van der Waals surface area contributed by atoms with Gasteiger partial charge in [0.15, 0.2) is 11.5 Å². The minimum Gasteiger partial charge on any atom is -0.493 e. The normalized spacial score (nSPS) is 14.5. The Morgan fingerprint density at radius 1 is 1.05 bits per heavy atom. The first-order valence-corrected chi connectivity index (χ1v) is 13.9. The number of amides is 2. The van der Waals surface area contributed by atoms with Crippen molar-refractivity contribution in [1.29, 1.82) is 0 Å². The Hall–Kier alpha value is -4.60. The highest BCUT2D eigenvalue weighted by Gasteiger charge is 2.30. The average molecular weight is 575 g/mol. The van der Waals surface area contributed by atoms with Crippen molar-refractivity contribution in [1.82, 2.24) is 10.3 Å². The van der Waals surface area contributed by atoms with Crippen molar-refractivity contribution in [3.8, 4) is 28.4 Å². The largest absolute Gasteiger partial charge is 0.493 e. The van der Waals surface area contributed by atoms with Gasteiger partial charge in [0.05, 0.1) is 44.9 Å². The highest BCUT2D eigenvalue weighted by atomic mass is 16.5. The Morgan fingerprint density at radius 2 is 1.81 bits per heavy atom. The third-order valence-corrected chi connectivity index (χ3v) is 7.20. The topological polar surface area (TPSA) is 128 Å². The molecule has 0 saturated carbocycles. The van der Waals surface area contributed by atoms with Crippen LogP contribution in [0.2, 0.25) is 0 Å². The first-order chi connectivity index (χ1) is 20.2. The third kappa shape index (κ3) is 6.64. The number of aromatic nitrogens is 1. The van der Waals surface area contributed by atoms with Crippen LogP contribution in [-0.2, 0) is 16.0 Å². The first-order valence-electron chi connectivity index (χ1n) is 13.9. The average Bonchev–Trinajstić information content (AvgIpc) is 3.20. The molecule has 3 N–H and O–H groups in total. The number of benzene rings is 1. The number of carbonyl (C=O) groups excluding carboxylic acids is 2. The van der Waals surface area contributed by atoms with Crippen LogP contribution in [0.4, 0.5) is 11.4 Å². The summed E-state index contributed by atoms with van der Waals surface area (Å²) >= 11 is 0. The van der Waals surface area contributed by atoms with Gasteiger partial charge in [-0.05, 0) is 72.2 Å². The number of carbonyl (C=O) groups is 2. The summed E-state index contributed by atoms with van der Waals surface area (Å²) in [6, 6.07) is 9.34. The van der Waals surface area contributed by atoms with Crippen LogP contribution in [0.3, 0.4) is 0 Å². The summed E-state index contributed by atoms with van der Waals surface area (Å²) in [5, 5.41) is 9.09. The van der Waals surface area contributed by atoms with E-state index in [9.17, 15) is 14.4 Å². The van der Waals surface area contributed by atoms with Crippen molar-refractivity contribution in [2.75, 3.05) is 32.0 Å². The molecule has 2 amide bonds. The molecule has 0 bridgehead atoms. The first kappa shape index (κ1) is 30.4. The van der Waals surface area contributed by atoms with Crippen LogP contribution in [-0.4, -0.2) is 44.2 Å². The lowest BCUT2D eigenvalue weighted by atomic mass is 9.95. The fraction of sp³-hybridized carbons (Fsp3) is 0.375. The van der Waals surface area contributed by atoms with E-state index in [1.165, 1.54) is 13.0 Å². The number of rotatable bonds is 10. The van der Waals surface area contributed by atoms with Crippen molar-refractivity contribution < 1.29 is 23.8 Å². The number of aryl methyl sites for hydroxylation is 1. The predicted octanol–water partition coefficient (Wildman–Crippen LogP) is 4.72. The van der Waals surface area contributed by atoms with E-state index in [0.717, 1.165) is 11.1 Å². The second kappa shape index (κ2) is 13.4. The van der Waals surface area contributed by atoms with Crippen molar-refractivity contribution in [3.05, 3.63) is 70.1 Å². The van der Waals surface area contributed by atoms with Crippen molar-refractivity contribution in [2.24, 2.45) is 5.92 Å². The maximum absolute atomic E-state index is 13.7. The smallest absolute Gasteiger partial charge is 0.246 e. The van der Waals surface area contributed by atoms with Gasteiger partial charge < -0.3 is 30.2 Å². The van der Waals surface area contributed by atoms with Crippen LogP contribution in [0.5, 0.6) is 17.2 Å². The molecular weight excluding hydrogens is 536 g/mol. The summed E-state index contributed by atoms with van der Waals surface area (Å²) < 4.78 is 17.1. The molecule has 2 atom stereocenters. The molecule has 2 aromatic carbocycles. The number of hydrogen-bond acceptors (Lipinski definition) is 8. The van der Waals surface area contributed by atoms with Crippen LogP contribution < -0.4 is 35.6 Å². The summed E-state index contributed by atoms with van der Waals surface area (Å²) in [5.41, 5.74) is 3.57. The predicted molar refractivity (Wildman–Crippen MR) is 162 cm³/mol. The Balaban J connectivity index is 1.86. The Morgan fingerprint density at radius 3 is 2.43 bits per heavy atom. The van der Waals surface area contributed by atoms with E-state index in [1.807, 2.05) is 26.0 Å². The second-order valence-corrected chi connectivity index (χ2v) is 10.7. The maximum atomic E-state index is 13.7. The molecule has 1 aliphatic carbocycles. The van der Waals surface area contributed by atoms with Crippen molar-refractivity contribution >= 4 is 23.2 Å². The van der Waals surface area contributed by atoms with E-state index >= 15 is 0 Å². The minimum absolute atomic E-state index is 0.175. The molecule has 0 spiro atoms. The Labute approximate surface area is 245 Å². The molecule has 1 aliphatic rings. The summed E-state index contributed by atoms with van der Waals surface area (Å²) in [6.07, 6.45) is 4.84. The molecule has 0 fully saturated rings. The van der Waals surface area contributed by atoms with Gasteiger partial charge in [-0.15, -0.1) is 0 Å². The van der Waals surface area contributed by atoms with Gasteiger partial charge in [0.2, 0.25) is 23.0 Å². The molecule has 1 heterocycles. The molecule has 3 aromatic rings. The number of anilines is 2. The summed E-state index contributed by atoms with van der Waals surface area (Å²) in [4.78, 5) is 43.3. The quantitative estimate of drug-likeness (QED) is 0.317. The van der Waals surface area contributed by atoms with Gasteiger partial charge in [-0.25, -0.2) is 0 Å². The molecule has 10 heteroatoms. The summed E-state index contributed by atoms with van der Waals surface area (Å²) in [6.45, 7) is 5.48. The lowest BCUT2D eigenvalue weighted by molar-refractivity contribution is -0.120. The molecule has 0 radical (unpaired) electrons. The lowest BCUT2D eigenvalue weighted by Gasteiger charge is -2.20. The standard InChI is InChI=1S/C32H38N4O6/c1-18(2)14-26(32(39)35-21-8-7-13-33-17-21)36-25-12-10-22-23(16-27(25)38)24(34-19(3)37)11-9-20-15-28(40-4)30(41-5)31(42-6)29(20)22/h7-8,10,12-13,15-18,24,26H,9,11,14H2,1-6H3,(H,34,37)(H,35,39)(H,36,38)/t24-,26-/m0/s1. The van der Waals surface area contributed by atoms with Gasteiger partial charge in [0, 0.05) is 18.7 Å². The van der Waals surface area contributed by atoms with E-state index in [1.54, 1.807) is 51.9 Å². The number of ether oxygens (including phenoxy) is 3. The molecule has 1 aromatic heterocycles. The Kier molecular flexibility index (Phi) is 9.67. The minimum atomic E-state index is -0.683. The number of nitrogens with zero attached hydrogens (tertiary/aromatic N) is 1. The zero-order valence-corrected chi connectivity index (χ0v) is 24.9. The van der Waals surface area contributed by atoms with Crippen molar-refractivity contribution in [2.45, 2.75) is 52.1 Å². The van der Waals surface area contributed by atoms with E-state index in [2.05, 4.69) is 20.9 Å². The lowest BCUT2D eigenvalue weighted by Crippen LogP contribution is -2.37. The number of nitrogens with one attached hydrogen (secondary N) is 3. The SMILES string of the molecule is COc1cc2c(c(OC)c1OC)-c1ccc(N[C@@H](CC(C)C)C(=O)Nc3cccnc3)c(=O)cc1[C@@H](NC(C)=O)CC2. The van der Waals surface area contributed by atoms with E-state index < -0.39 is 12.1 Å². The van der Waals surface area contributed by atoms with Crippen LogP contribution in [0, 0.1) is 5.92 Å². The molecule has 4 rings (SSSR count).